The second-order valence-corrected chi connectivity index (χ2v) is 9.82. The molecule has 2 aliphatic heterocycles. The van der Waals surface area contributed by atoms with Crippen LogP contribution in [0.5, 0.6) is 5.75 Å². The third-order valence-electron chi connectivity index (χ3n) is 5.15. The Labute approximate surface area is 156 Å². The van der Waals surface area contributed by atoms with E-state index in [0.717, 1.165) is 31.7 Å². The number of ether oxygens (including phenoxy) is 1. The van der Waals surface area contributed by atoms with Crippen LogP contribution in [-0.4, -0.2) is 61.1 Å². The van der Waals surface area contributed by atoms with Crippen molar-refractivity contribution in [3.8, 4) is 5.75 Å². The Morgan fingerprint density at radius 1 is 1.04 bits per heavy atom. The molecule has 0 unspecified atom stereocenters. The monoisotopic (exact) mass is 380 g/mol. The van der Waals surface area contributed by atoms with Gasteiger partial charge in [0.1, 0.15) is 11.9 Å². The lowest BCUT2D eigenvalue weighted by atomic mass is 10.1. The van der Waals surface area contributed by atoms with Crippen molar-refractivity contribution in [2.24, 2.45) is 0 Å². The minimum Gasteiger partial charge on any atom is -0.490 e. The van der Waals surface area contributed by atoms with E-state index < -0.39 is 10.0 Å². The number of nitrogens with zero attached hydrogens (tertiary/aromatic N) is 2. The molecule has 0 saturated carbocycles. The lowest BCUT2D eigenvalue weighted by Crippen LogP contribution is -2.44. The molecule has 26 heavy (non-hydrogen) atoms. The molecule has 0 spiro atoms. The van der Waals surface area contributed by atoms with Gasteiger partial charge in [-0.3, -0.25) is 4.79 Å². The van der Waals surface area contributed by atoms with Gasteiger partial charge in [0.05, 0.1) is 5.25 Å². The summed E-state index contributed by atoms with van der Waals surface area (Å²) < 4.78 is 32.0. The molecule has 0 aliphatic carbocycles. The first-order valence-corrected chi connectivity index (χ1v) is 10.9. The van der Waals surface area contributed by atoms with Crippen LogP contribution in [0.3, 0.4) is 0 Å². The van der Waals surface area contributed by atoms with Gasteiger partial charge in [-0.2, -0.15) is 0 Å². The van der Waals surface area contributed by atoms with E-state index in [1.54, 1.807) is 18.2 Å². The summed E-state index contributed by atoms with van der Waals surface area (Å²) >= 11 is 0. The highest BCUT2D eigenvalue weighted by Gasteiger charge is 2.30. The van der Waals surface area contributed by atoms with E-state index in [2.05, 4.69) is 0 Å². The van der Waals surface area contributed by atoms with Crippen LogP contribution in [0.2, 0.25) is 0 Å². The lowest BCUT2D eigenvalue weighted by Gasteiger charge is -2.32. The largest absolute Gasteiger partial charge is 0.490 e. The third kappa shape index (κ3) is 4.20. The second-order valence-electron chi connectivity index (χ2n) is 7.33. The lowest BCUT2D eigenvalue weighted by molar-refractivity contribution is 0.0792. The Morgan fingerprint density at radius 3 is 2.15 bits per heavy atom. The van der Waals surface area contributed by atoms with Gasteiger partial charge in [-0.05, 0) is 63.8 Å². The molecule has 1 aromatic carbocycles. The highest BCUT2D eigenvalue weighted by Crippen LogP contribution is 2.23. The van der Waals surface area contributed by atoms with E-state index in [-0.39, 0.29) is 17.3 Å². The minimum absolute atomic E-state index is 0.00810. The standard InChI is InChI=1S/C19H28N2O4S/c1-15(2)26(23,24)21-13-9-18(10-14-21)25-17-7-5-16(6-8-17)19(22)20-11-3-4-12-20/h5-8,15,18H,3-4,9-14H2,1-2H3. The molecule has 1 amide bonds. The molecule has 2 saturated heterocycles. The first-order valence-electron chi connectivity index (χ1n) is 9.43. The number of amides is 1. The SMILES string of the molecule is CC(C)S(=O)(=O)N1CCC(Oc2ccc(C(=O)N3CCCC3)cc2)CC1. The normalized spacial score (nSPS) is 19.9. The van der Waals surface area contributed by atoms with Crippen molar-refractivity contribution >= 4 is 15.9 Å². The van der Waals surface area contributed by atoms with Gasteiger partial charge in [-0.25, -0.2) is 12.7 Å². The van der Waals surface area contributed by atoms with E-state index >= 15 is 0 Å². The molecule has 0 N–H and O–H groups in total. The Balaban J connectivity index is 1.53. The zero-order chi connectivity index (χ0) is 18.7. The molecule has 2 fully saturated rings. The highest BCUT2D eigenvalue weighted by atomic mass is 32.2. The van der Waals surface area contributed by atoms with Crippen LogP contribution in [0.15, 0.2) is 24.3 Å². The maximum atomic E-state index is 12.4. The van der Waals surface area contributed by atoms with Crippen LogP contribution < -0.4 is 4.74 Å². The molecular formula is C19H28N2O4S. The fourth-order valence-corrected chi connectivity index (χ4v) is 4.79. The molecule has 2 aliphatic rings. The van der Waals surface area contributed by atoms with Crippen molar-refractivity contribution in [1.29, 1.82) is 0 Å². The Hall–Kier alpha value is -1.60. The zero-order valence-electron chi connectivity index (χ0n) is 15.6. The van der Waals surface area contributed by atoms with Crippen LogP contribution in [0.1, 0.15) is 49.9 Å². The van der Waals surface area contributed by atoms with Crippen molar-refractivity contribution in [2.75, 3.05) is 26.2 Å². The Kier molecular flexibility index (Phi) is 5.87. The summed E-state index contributed by atoms with van der Waals surface area (Å²) in [7, 11) is -3.18. The summed E-state index contributed by atoms with van der Waals surface area (Å²) in [5.74, 6) is 0.814. The topological polar surface area (TPSA) is 66.9 Å². The summed E-state index contributed by atoms with van der Waals surface area (Å²) in [6, 6.07) is 7.30. The van der Waals surface area contributed by atoms with E-state index in [1.165, 1.54) is 0 Å². The van der Waals surface area contributed by atoms with Crippen molar-refractivity contribution in [1.82, 2.24) is 9.21 Å². The number of sulfonamides is 1. The number of carbonyl (C=O) groups excluding carboxylic acids is 1. The summed E-state index contributed by atoms with van der Waals surface area (Å²) in [5.41, 5.74) is 0.692. The number of carbonyl (C=O) groups is 1. The van der Waals surface area contributed by atoms with Gasteiger partial charge >= 0.3 is 0 Å². The highest BCUT2D eigenvalue weighted by molar-refractivity contribution is 7.89. The van der Waals surface area contributed by atoms with Gasteiger partial charge in [-0.15, -0.1) is 0 Å². The molecule has 2 heterocycles. The smallest absolute Gasteiger partial charge is 0.253 e. The fraction of sp³-hybridized carbons (Fsp3) is 0.632. The fourth-order valence-electron chi connectivity index (χ4n) is 3.47. The number of hydrogen-bond acceptors (Lipinski definition) is 4. The molecule has 6 nitrogen and oxygen atoms in total. The number of piperidine rings is 1. The molecule has 0 bridgehead atoms. The van der Waals surface area contributed by atoms with Gasteiger partial charge in [0.25, 0.3) is 5.91 Å². The van der Waals surface area contributed by atoms with Gasteiger partial charge in [0.2, 0.25) is 10.0 Å². The predicted octanol–water partition coefficient (Wildman–Crippen LogP) is 2.50. The zero-order valence-corrected chi connectivity index (χ0v) is 16.4. The van der Waals surface area contributed by atoms with Crippen molar-refractivity contribution < 1.29 is 17.9 Å². The first kappa shape index (κ1) is 19.2. The molecule has 1 aromatic rings. The van der Waals surface area contributed by atoms with Gasteiger partial charge < -0.3 is 9.64 Å². The summed E-state index contributed by atoms with van der Waals surface area (Å²) in [5, 5.41) is -0.388. The van der Waals surface area contributed by atoms with Crippen LogP contribution in [0, 0.1) is 0 Å². The second kappa shape index (κ2) is 7.96. The third-order valence-corrected chi connectivity index (χ3v) is 7.43. The molecule has 7 heteroatoms. The van der Waals surface area contributed by atoms with Gasteiger partial charge in [-0.1, -0.05) is 0 Å². The number of benzene rings is 1. The molecule has 0 atom stereocenters. The van der Waals surface area contributed by atoms with Crippen molar-refractivity contribution in [3.05, 3.63) is 29.8 Å². The van der Waals surface area contributed by atoms with Crippen molar-refractivity contribution in [3.63, 3.8) is 0 Å². The molecule has 0 radical (unpaired) electrons. The molecular weight excluding hydrogens is 352 g/mol. The molecule has 144 valence electrons. The molecule has 3 rings (SSSR count). The summed E-state index contributed by atoms with van der Waals surface area (Å²) in [6.45, 7) is 6.10. The van der Waals surface area contributed by atoms with E-state index in [0.29, 0.717) is 31.5 Å². The van der Waals surface area contributed by atoms with Crippen LogP contribution in [-0.2, 0) is 10.0 Å². The average molecular weight is 381 g/mol. The van der Waals surface area contributed by atoms with Gasteiger partial charge in [0, 0.05) is 31.7 Å². The first-order chi connectivity index (χ1) is 12.4. The molecule has 0 aromatic heterocycles. The quantitative estimate of drug-likeness (QED) is 0.787. The van der Waals surface area contributed by atoms with Crippen LogP contribution >= 0.6 is 0 Å². The summed E-state index contributed by atoms with van der Waals surface area (Å²) in [4.78, 5) is 14.2. The van der Waals surface area contributed by atoms with Crippen LogP contribution in [0.25, 0.3) is 0 Å². The predicted molar refractivity (Wildman–Crippen MR) is 101 cm³/mol. The Bertz CT molecular complexity index is 716. The maximum Gasteiger partial charge on any atom is 0.253 e. The van der Waals surface area contributed by atoms with Gasteiger partial charge in [0.15, 0.2) is 0 Å². The minimum atomic E-state index is -3.18. The number of likely N-dealkylation sites (tertiary alicyclic amines) is 1. The summed E-state index contributed by atoms with van der Waals surface area (Å²) in [6.07, 6.45) is 3.53. The average Bonchev–Trinajstić information content (AvgIpc) is 3.17. The number of rotatable bonds is 5. The van der Waals surface area contributed by atoms with Crippen LogP contribution in [0.4, 0.5) is 0 Å². The number of hydrogen-bond donors (Lipinski definition) is 0. The Morgan fingerprint density at radius 2 is 1.62 bits per heavy atom. The van der Waals surface area contributed by atoms with Crippen molar-refractivity contribution in [2.45, 2.75) is 50.9 Å². The van der Waals surface area contributed by atoms with E-state index in [1.807, 2.05) is 29.2 Å². The van der Waals surface area contributed by atoms with E-state index in [9.17, 15) is 13.2 Å². The maximum absolute atomic E-state index is 12.4. The van der Waals surface area contributed by atoms with E-state index in [4.69, 9.17) is 4.74 Å².